The lowest BCUT2D eigenvalue weighted by Gasteiger charge is -2.10. The van der Waals surface area contributed by atoms with E-state index < -0.39 is 5.24 Å². The van der Waals surface area contributed by atoms with Crippen molar-refractivity contribution in [1.29, 1.82) is 0 Å². The lowest BCUT2D eigenvalue weighted by atomic mass is 10.0. The van der Waals surface area contributed by atoms with Gasteiger partial charge in [-0.15, -0.1) is 0 Å². The summed E-state index contributed by atoms with van der Waals surface area (Å²) in [6.07, 6.45) is 2.11. The molecule has 2 amide bonds. The number of amides is 2. The van der Waals surface area contributed by atoms with E-state index in [2.05, 4.69) is 17.4 Å². The molecule has 0 bridgehead atoms. The second kappa shape index (κ2) is 5.17. The third-order valence-corrected chi connectivity index (χ3v) is 4.19. The smallest absolute Gasteiger partial charge is 0.276 e. The van der Waals surface area contributed by atoms with Crippen LogP contribution in [0.5, 0.6) is 0 Å². The fourth-order valence-electron chi connectivity index (χ4n) is 2.68. The summed E-state index contributed by atoms with van der Waals surface area (Å²) in [6, 6.07) is 10.2. The van der Waals surface area contributed by atoms with Gasteiger partial charge in [-0.3, -0.25) is 9.59 Å². The van der Waals surface area contributed by atoms with Crippen LogP contribution in [-0.4, -0.2) is 16.9 Å². The van der Waals surface area contributed by atoms with Crippen molar-refractivity contribution < 1.29 is 9.59 Å². The van der Waals surface area contributed by atoms with Gasteiger partial charge in [0.05, 0.1) is 5.75 Å². The molecule has 1 aliphatic rings. The molecule has 5 heteroatoms. The number of nitrogens with two attached hydrogens (primary N) is 1. The summed E-state index contributed by atoms with van der Waals surface area (Å²) in [7, 11) is 0. The molecule has 0 heterocycles. The van der Waals surface area contributed by atoms with Gasteiger partial charge in [0.2, 0.25) is 5.91 Å². The topological polar surface area (TPSA) is 72.2 Å². The number of primary amides is 1. The van der Waals surface area contributed by atoms with Crippen molar-refractivity contribution in [3.05, 3.63) is 41.5 Å². The number of nitrogens with one attached hydrogen (secondary N) is 1. The van der Waals surface area contributed by atoms with Crippen LogP contribution in [0.1, 0.15) is 11.1 Å². The molecule has 0 saturated carbocycles. The van der Waals surface area contributed by atoms with Gasteiger partial charge in [0.15, 0.2) is 0 Å². The summed E-state index contributed by atoms with van der Waals surface area (Å²) in [4.78, 5) is 22.5. The zero-order valence-corrected chi connectivity index (χ0v) is 11.6. The SMILES string of the molecule is NC(=O)SCC(=O)Nc1ccc2c3c(cccc13)CC2. The molecule has 0 fully saturated rings. The number of carbonyl (C=O) groups excluding carboxylic acids is 2. The second-order valence-corrected chi connectivity index (χ2v) is 5.75. The van der Waals surface area contributed by atoms with Crippen molar-refractivity contribution in [3.8, 4) is 0 Å². The Balaban J connectivity index is 1.90. The van der Waals surface area contributed by atoms with E-state index in [9.17, 15) is 9.59 Å². The zero-order chi connectivity index (χ0) is 14.1. The van der Waals surface area contributed by atoms with Crippen LogP contribution in [0.15, 0.2) is 30.3 Å². The number of anilines is 1. The van der Waals surface area contributed by atoms with Crippen molar-refractivity contribution in [2.24, 2.45) is 5.73 Å². The summed E-state index contributed by atoms with van der Waals surface area (Å²) in [5.41, 5.74) is 8.48. The standard InChI is InChI=1S/C15H14N2O2S/c16-15(19)20-8-13(18)17-12-7-6-10-5-4-9-2-1-3-11(12)14(9)10/h1-3,6-7H,4-5,8H2,(H2,16,19)(H,17,18). The first-order valence-corrected chi connectivity index (χ1v) is 7.39. The summed E-state index contributed by atoms with van der Waals surface area (Å²) >= 11 is 0.809. The van der Waals surface area contributed by atoms with E-state index in [0.717, 1.165) is 35.7 Å². The van der Waals surface area contributed by atoms with Crippen LogP contribution in [0.4, 0.5) is 10.5 Å². The van der Waals surface area contributed by atoms with Gasteiger partial charge in [-0.05, 0) is 35.4 Å². The molecule has 2 aromatic carbocycles. The van der Waals surface area contributed by atoms with Crippen molar-refractivity contribution in [2.45, 2.75) is 12.8 Å². The molecule has 0 spiro atoms. The van der Waals surface area contributed by atoms with Crippen LogP contribution in [0.3, 0.4) is 0 Å². The van der Waals surface area contributed by atoms with Crippen LogP contribution in [-0.2, 0) is 17.6 Å². The van der Waals surface area contributed by atoms with E-state index in [4.69, 9.17) is 5.73 Å². The molecule has 0 aromatic heterocycles. The highest BCUT2D eigenvalue weighted by Gasteiger charge is 2.16. The number of thioether (sulfide) groups is 1. The van der Waals surface area contributed by atoms with E-state index in [0.29, 0.717) is 0 Å². The molecule has 1 aliphatic carbocycles. The summed E-state index contributed by atoms with van der Waals surface area (Å²) in [6.45, 7) is 0. The van der Waals surface area contributed by atoms with Crippen LogP contribution in [0.2, 0.25) is 0 Å². The summed E-state index contributed by atoms with van der Waals surface area (Å²) in [5, 5.41) is 4.64. The van der Waals surface area contributed by atoms with Gasteiger partial charge in [0.1, 0.15) is 0 Å². The minimum absolute atomic E-state index is 0.0399. The molecular weight excluding hydrogens is 272 g/mol. The predicted molar refractivity (Wildman–Crippen MR) is 82.0 cm³/mol. The van der Waals surface area contributed by atoms with Gasteiger partial charge in [-0.2, -0.15) is 0 Å². The van der Waals surface area contributed by atoms with Gasteiger partial charge < -0.3 is 11.1 Å². The molecule has 2 aromatic rings. The Labute approximate surface area is 120 Å². The third kappa shape index (κ3) is 2.36. The van der Waals surface area contributed by atoms with E-state index in [-0.39, 0.29) is 11.7 Å². The number of aryl methyl sites for hydroxylation is 2. The lowest BCUT2D eigenvalue weighted by molar-refractivity contribution is -0.113. The van der Waals surface area contributed by atoms with E-state index in [1.165, 1.54) is 16.5 Å². The average Bonchev–Trinajstić information content (AvgIpc) is 2.85. The van der Waals surface area contributed by atoms with Crippen LogP contribution in [0.25, 0.3) is 10.8 Å². The molecule has 0 saturated heterocycles. The number of hydrogen-bond donors (Lipinski definition) is 2. The minimum Gasteiger partial charge on any atom is -0.361 e. The normalized spacial score (nSPS) is 12.6. The number of hydrogen-bond acceptors (Lipinski definition) is 3. The highest BCUT2D eigenvalue weighted by molar-refractivity contribution is 8.14. The molecule has 4 nitrogen and oxygen atoms in total. The van der Waals surface area contributed by atoms with Gasteiger partial charge >= 0.3 is 0 Å². The zero-order valence-electron chi connectivity index (χ0n) is 10.8. The highest BCUT2D eigenvalue weighted by atomic mass is 32.2. The van der Waals surface area contributed by atoms with Crippen molar-refractivity contribution in [3.63, 3.8) is 0 Å². The van der Waals surface area contributed by atoms with Gasteiger partial charge in [0, 0.05) is 11.1 Å². The van der Waals surface area contributed by atoms with Crippen molar-refractivity contribution >= 4 is 39.4 Å². The average molecular weight is 286 g/mol. The maximum Gasteiger partial charge on any atom is 0.276 e. The fraction of sp³-hybridized carbons (Fsp3) is 0.200. The molecule has 3 N–H and O–H groups in total. The summed E-state index contributed by atoms with van der Waals surface area (Å²) < 4.78 is 0. The van der Waals surface area contributed by atoms with E-state index in [1.807, 2.05) is 18.2 Å². The number of rotatable bonds is 3. The van der Waals surface area contributed by atoms with Crippen molar-refractivity contribution in [2.75, 3.05) is 11.1 Å². The Morgan fingerprint density at radius 1 is 1.15 bits per heavy atom. The second-order valence-electron chi connectivity index (χ2n) is 4.77. The Morgan fingerprint density at radius 3 is 2.65 bits per heavy atom. The fourth-order valence-corrected chi connectivity index (χ4v) is 3.02. The van der Waals surface area contributed by atoms with Gasteiger partial charge in [-0.1, -0.05) is 36.0 Å². The van der Waals surface area contributed by atoms with E-state index in [1.54, 1.807) is 0 Å². The molecule has 3 rings (SSSR count). The van der Waals surface area contributed by atoms with E-state index >= 15 is 0 Å². The Morgan fingerprint density at radius 2 is 1.90 bits per heavy atom. The largest absolute Gasteiger partial charge is 0.361 e. The number of benzene rings is 2. The minimum atomic E-state index is -0.541. The Kier molecular flexibility index (Phi) is 3.36. The first kappa shape index (κ1) is 13.0. The molecule has 20 heavy (non-hydrogen) atoms. The third-order valence-electron chi connectivity index (χ3n) is 3.50. The van der Waals surface area contributed by atoms with Crippen LogP contribution >= 0.6 is 11.8 Å². The molecular formula is C15H14N2O2S. The van der Waals surface area contributed by atoms with Gasteiger partial charge in [-0.25, -0.2) is 0 Å². The first-order chi connectivity index (χ1) is 9.65. The highest BCUT2D eigenvalue weighted by Crippen LogP contribution is 2.34. The van der Waals surface area contributed by atoms with Crippen molar-refractivity contribution in [1.82, 2.24) is 0 Å². The Hall–Kier alpha value is -2.01. The van der Waals surface area contributed by atoms with Gasteiger partial charge in [0.25, 0.3) is 5.24 Å². The number of carbonyl (C=O) groups is 2. The molecule has 0 unspecified atom stereocenters. The van der Waals surface area contributed by atoms with Crippen LogP contribution in [0, 0.1) is 0 Å². The monoisotopic (exact) mass is 286 g/mol. The maximum absolute atomic E-state index is 11.8. The predicted octanol–water partition coefficient (Wildman–Crippen LogP) is 2.69. The molecule has 0 aliphatic heterocycles. The molecule has 0 atom stereocenters. The Bertz CT molecular complexity index is 702. The quantitative estimate of drug-likeness (QED) is 0.911. The summed E-state index contributed by atoms with van der Waals surface area (Å²) in [5.74, 6) is -0.175. The molecule has 102 valence electrons. The van der Waals surface area contributed by atoms with Crippen LogP contribution < -0.4 is 11.1 Å². The maximum atomic E-state index is 11.8. The first-order valence-electron chi connectivity index (χ1n) is 6.41. The lowest BCUT2D eigenvalue weighted by Crippen LogP contribution is -2.17. The molecule has 0 radical (unpaired) electrons.